The molecule has 0 aliphatic carbocycles. The van der Waals surface area contributed by atoms with E-state index in [1.54, 1.807) is 6.20 Å². The zero-order valence-corrected chi connectivity index (χ0v) is 10.4. The van der Waals surface area contributed by atoms with Crippen molar-refractivity contribution in [1.29, 1.82) is 0 Å². The molecule has 2 nitrogen and oxygen atoms in total. The lowest BCUT2D eigenvalue weighted by atomic mass is 10.2. The highest BCUT2D eigenvalue weighted by atomic mass is 127. The Hall–Kier alpha value is -0.550. The number of aromatic nitrogens is 1. The number of nitrogens with one attached hydrogen (secondary N) is 1. The van der Waals surface area contributed by atoms with Gasteiger partial charge in [0.25, 0.3) is 0 Å². The maximum absolute atomic E-state index is 5.99. The average molecular weight is 319 g/mol. The van der Waals surface area contributed by atoms with Crippen LogP contribution in [0.1, 0.15) is 0 Å². The number of pyridine rings is 1. The molecular weight excluding hydrogens is 310 g/mol. The third-order valence-corrected chi connectivity index (χ3v) is 3.07. The van der Waals surface area contributed by atoms with Crippen LogP contribution in [0, 0.1) is 3.57 Å². The van der Waals surface area contributed by atoms with Crippen molar-refractivity contribution in [3.8, 4) is 0 Å². The van der Waals surface area contributed by atoms with Crippen molar-refractivity contribution in [3.63, 3.8) is 0 Å². The standard InChI is InChI=1S/C10H8ClIN2/c1-13-9-2-3-14-10-7(9)4-6(11)5-8(10)12/h2-5H,1H3,(H,13,14). The highest BCUT2D eigenvalue weighted by Crippen LogP contribution is 2.28. The molecular formula is C10H8ClIN2. The summed E-state index contributed by atoms with van der Waals surface area (Å²) in [6.07, 6.45) is 1.80. The van der Waals surface area contributed by atoms with Crippen molar-refractivity contribution in [2.45, 2.75) is 0 Å². The van der Waals surface area contributed by atoms with Gasteiger partial charge in [0.2, 0.25) is 0 Å². The molecule has 14 heavy (non-hydrogen) atoms. The maximum atomic E-state index is 5.99. The Morgan fingerprint density at radius 1 is 1.43 bits per heavy atom. The van der Waals surface area contributed by atoms with Crippen LogP contribution in [0.2, 0.25) is 5.02 Å². The zero-order valence-electron chi connectivity index (χ0n) is 7.51. The summed E-state index contributed by atoms with van der Waals surface area (Å²) >= 11 is 8.23. The molecule has 0 atom stereocenters. The molecule has 2 rings (SSSR count). The van der Waals surface area contributed by atoms with E-state index in [9.17, 15) is 0 Å². The molecule has 1 aromatic carbocycles. The topological polar surface area (TPSA) is 24.9 Å². The number of nitrogens with zero attached hydrogens (tertiary/aromatic N) is 1. The fraction of sp³-hybridized carbons (Fsp3) is 0.100. The summed E-state index contributed by atoms with van der Waals surface area (Å²) < 4.78 is 1.07. The van der Waals surface area contributed by atoms with Crippen molar-refractivity contribution in [3.05, 3.63) is 33.0 Å². The molecule has 0 bridgehead atoms. The Morgan fingerprint density at radius 2 is 2.21 bits per heavy atom. The maximum Gasteiger partial charge on any atom is 0.0857 e. The van der Waals surface area contributed by atoms with Gasteiger partial charge in [0, 0.05) is 32.9 Å². The van der Waals surface area contributed by atoms with Crippen molar-refractivity contribution < 1.29 is 0 Å². The van der Waals surface area contributed by atoms with Crippen LogP contribution in [0.5, 0.6) is 0 Å². The van der Waals surface area contributed by atoms with E-state index in [2.05, 4.69) is 32.9 Å². The highest BCUT2D eigenvalue weighted by Gasteiger charge is 2.05. The summed E-state index contributed by atoms with van der Waals surface area (Å²) in [5.41, 5.74) is 2.04. The molecule has 2 aromatic rings. The molecule has 0 radical (unpaired) electrons. The second-order valence-electron chi connectivity index (χ2n) is 2.89. The van der Waals surface area contributed by atoms with E-state index in [0.29, 0.717) is 0 Å². The van der Waals surface area contributed by atoms with Gasteiger partial charge in [-0.3, -0.25) is 4.98 Å². The Labute approximate surface area is 101 Å². The summed E-state index contributed by atoms with van der Waals surface area (Å²) in [5.74, 6) is 0. The van der Waals surface area contributed by atoms with Crippen LogP contribution in [-0.2, 0) is 0 Å². The third-order valence-electron chi connectivity index (χ3n) is 2.03. The molecule has 4 heteroatoms. The summed E-state index contributed by atoms with van der Waals surface area (Å²) in [5, 5.41) is 4.93. The van der Waals surface area contributed by atoms with Gasteiger partial charge < -0.3 is 5.32 Å². The lowest BCUT2D eigenvalue weighted by Gasteiger charge is -2.06. The predicted molar refractivity (Wildman–Crippen MR) is 69.0 cm³/mol. The molecule has 1 N–H and O–H groups in total. The van der Waals surface area contributed by atoms with Gasteiger partial charge in [-0.15, -0.1) is 0 Å². The highest BCUT2D eigenvalue weighted by molar-refractivity contribution is 14.1. The van der Waals surface area contributed by atoms with Crippen LogP contribution in [0.15, 0.2) is 24.4 Å². The van der Waals surface area contributed by atoms with Gasteiger partial charge in [0.15, 0.2) is 0 Å². The van der Waals surface area contributed by atoms with Gasteiger partial charge in [0.05, 0.1) is 5.52 Å². The first-order valence-corrected chi connectivity index (χ1v) is 5.59. The second-order valence-corrected chi connectivity index (χ2v) is 4.49. The van der Waals surface area contributed by atoms with Crippen LogP contribution in [0.3, 0.4) is 0 Å². The lowest BCUT2D eigenvalue weighted by Crippen LogP contribution is -1.92. The first-order chi connectivity index (χ1) is 6.72. The molecule has 1 aromatic heterocycles. The number of hydrogen-bond donors (Lipinski definition) is 1. The Morgan fingerprint density at radius 3 is 2.93 bits per heavy atom. The first kappa shape index (κ1) is 9.98. The number of halogens is 2. The number of hydrogen-bond acceptors (Lipinski definition) is 2. The van der Waals surface area contributed by atoms with Gasteiger partial charge >= 0.3 is 0 Å². The largest absolute Gasteiger partial charge is 0.388 e. The molecule has 0 saturated carbocycles. The van der Waals surface area contributed by atoms with Crippen LogP contribution in [0.25, 0.3) is 10.9 Å². The van der Waals surface area contributed by atoms with Gasteiger partial charge in [0.1, 0.15) is 0 Å². The van der Waals surface area contributed by atoms with E-state index in [1.165, 1.54) is 0 Å². The van der Waals surface area contributed by atoms with Crippen molar-refractivity contribution >= 4 is 50.8 Å². The molecule has 0 aliphatic rings. The summed E-state index contributed by atoms with van der Waals surface area (Å²) in [4.78, 5) is 4.32. The van der Waals surface area contributed by atoms with E-state index in [0.717, 1.165) is 25.2 Å². The minimum absolute atomic E-state index is 0.742. The van der Waals surface area contributed by atoms with E-state index < -0.39 is 0 Å². The minimum Gasteiger partial charge on any atom is -0.388 e. The molecule has 0 unspecified atom stereocenters. The van der Waals surface area contributed by atoms with Gasteiger partial charge in [-0.1, -0.05) is 11.6 Å². The summed E-state index contributed by atoms with van der Waals surface area (Å²) in [7, 11) is 1.89. The van der Waals surface area contributed by atoms with Crippen molar-refractivity contribution in [2.24, 2.45) is 0 Å². The molecule has 1 heterocycles. The normalized spacial score (nSPS) is 10.5. The van der Waals surface area contributed by atoms with Crippen LogP contribution in [0.4, 0.5) is 5.69 Å². The third kappa shape index (κ3) is 1.66. The van der Waals surface area contributed by atoms with E-state index >= 15 is 0 Å². The number of rotatable bonds is 1. The average Bonchev–Trinajstić information content (AvgIpc) is 2.17. The first-order valence-electron chi connectivity index (χ1n) is 4.14. The fourth-order valence-electron chi connectivity index (χ4n) is 1.40. The smallest absolute Gasteiger partial charge is 0.0857 e. The van der Waals surface area contributed by atoms with Crippen LogP contribution < -0.4 is 5.32 Å². The SMILES string of the molecule is CNc1ccnc2c(I)cc(Cl)cc12. The van der Waals surface area contributed by atoms with Gasteiger partial charge in [-0.25, -0.2) is 0 Å². The molecule has 0 amide bonds. The van der Waals surface area contributed by atoms with Crippen molar-refractivity contribution in [2.75, 3.05) is 12.4 Å². The molecule has 0 spiro atoms. The van der Waals surface area contributed by atoms with E-state index in [4.69, 9.17) is 11.6 Å². The summed E-state index contributed by atoms with van der Waals surface area (Å²) in [6, 6.07) is 5.78. The number of fused-ring (bicyclic) bond motifs is 1. The summed E-state index contributed by atoms with van der Waals surface area (Å²) in [6.45, 7) is 0. The molecule has 0 aliphatic heterocycles. The predicted octanol–water partition coefficient (Wildman–Crippen LogP) is 3.53. The molecule has 0 fully saturated rings. The van der Waals surface area contributed by atoms with E-state index in [1.807, 2.05) is 25.2 Å². The number of anilines is 1. The monoisotopic (exact) mass is 318 g/mol. The Kier molecular flexibility index (Phi) is 2.78. The Bertz CT molecular complexity index is 485. The van der Waals surface area contributed by atoms with Gasteiger partial charge in [-0.05, 0) is 40.8 Å². The lowest BCUT2D eigenvalue weighted by molar-refractivity contribution is 1.38. The molecule has 72 valence electrons. The minimum atomic E-state index is 0.742. The fourth-order valence-corrected chi connectivity index (χ4v) is 2.56. The van der Waals surface area contributed by atoms with Crippen molar-refractivity contribution in [1.82, 2.24) is 4.98 Å². The van der Waals surface area contributed by atoms with Crippen LogP contribution in [-0.4, -0.2) is 12.0 Å². The Balaban J connectivity index is 2.86. The van der Waals surface area contributed by atoms with Crippen LogP contribution >= 0.6 is 34.2 Å². The molecule has 0 saturated heterocycles. The number of benzene rings is 1. The van der Waals surface area contributed by atoms with Gasteiger partial charge in [-0.2, -0.15) is 0 Å². The van der Waals surface area contributed by atoms with E-state index in [-0.39, 0.29) is 0 Å². The second kappa shape index (κ2) is 3.90. The quantitative estimate of drug-likeness (QED) is 0.814. The zero-order chi connectivity index (χ0) is 10.1.